The third-order valence-corrected chi connectivity index (χ3v) is 5.47. The first-order valence-electron chi connectivity index (χ1n) is 8.69. The molecule has 2 aromatic carbocycles. The van der Waals surface area contributed by atoms with Crippen LogP contribution < -0.4 is 5.56 Å². The van der Waals surface area contributed by atoms with Crippen LogP contribution in [-0.4, -0.2) is 29.1 Å². The number of aryl methyl sites for hydroxylation is 1. The lowest BCUT2D eigenvalue weighted by molar-refractivity contribution is 0.735. The van der Waals surface area contributed by atoms with Gasteiger partial charge in [0, 0.05) is 6.54 Å². The van der Waals surface area contributed by atoms with Crippen molar-refractivity contribution in [2.45, 2.75) is 24.4 Å². The zero-order valence-electron chi connectivity index (χ0n) is 14.6. The molecule has 0 aliphatic rings. The van der Waals surface area contributed by atoms with Crippen LogP contribution in [0.25, 0.3) is 27.7 Å². The SMILES string of the molecule is CCn1c(=O)c2ccccc2n2c(CSc3nc4ccccc4[nH]3)nnc12. The minimum Gasteiger partial charge on any atom is -0.333 e. The number of imidazole rings is 1. The molecule has 5 aromatic rings. The maximum Gasteiger partial charge on any atom is 0.262 e. The van der Waals surface area contributed by atoms with Crippen molar-refractivity contribution in [3.8, 4) is 0 Å². The molecule has 0 aliphatic heterocycles. The Bertz CT molecular complexity index is 1320. The molecule has 0 bridgehead atoms. The monoisotopic (exact) mass is 376 g/mol. The fraction of sp³-hybridized carbons (Fsp3) is 0.158. The van der Waals surface area contributed by atoms with Crippen molar-refractivity contribution in [1.29, 1.82) is 0 Å². The lowest BCUT2D eigenvalue weighted by Gasteiger charge is -2.09. The van der Waals surface area contributed by atoms with Gasteiger partial charge in [-0.2, -0.15) is 0 Å². The van der Waals surface area contributed by atoms with Crippen molar-refractivity contribution in [1.82, 2.24) is 29.1 Å². The summed E-state index contributed by atoms with van der Waals surface area (Å²) in [6.07, 6.45) is 0. The third-order valence-electron chi connectivity index (χ3n) is 4.60. The van der Waals surface area contributed by atoms with Gasteiger partial charge in [0.25, 0.3) is 5.56 Å². The van der Waals surface area contributed by atoms with Crippen LogP contribution in [0.4, 0.5) is 0 Å². The van der Waals surface area contributed by atoms with Crippen molar-refractivity contribution >= 4 is 39.5 Å². The maximum absolute atomic E-state index is 12.7. The molecule has 3 aromatic heterocycles. The van der Waals surface area contributed by atoms with Gasteiger partial charge in [0.2, 0.25) is 5.78 Å². The van der Waals surface area contributed by atoms with E-state index >= 15 is 0 Å². The lowest BCUT2D eigenvalue weighted by atomic mass is 10.2. The lowest BCUT2D eigenvalue weighted by Crippen LogP contribution is -2.22. The fourth-order valence-corrected chi connectivity index (χ4v) is 4.12. The molecular weight excluding hydrogens is 360 g/mol. The number of hydrogen-bond donors (Lipinski definition) is 1. The number of aromatic nitrogens is 6. The summed E-state index contributed by atoms with van der Waals surface area (Å²) in [6, 6.07) is 15.5. The van der Waals surface area contributed by atoms with Gasteiger partial charge >= 0.3 is 0 Å². The van der Waals surface area contributed by atoms with Gasteiger partial charge in [-0.3, -0.25) is 13.8 Å². The van der Waals surface area contributed by atoms with E-state index in [9.17, 15) is 4.79 Å². The predicted octanol–water partition coefficient (Wildman–Crippen LogP) is 3.23. The molecule has 7 nitrogen and oxygen atoms in total. The van der Waals surface area contributed by atoms with Crippen LogP contribution in [0.15, 0.2) is 58.5 Å². The number of thioether (sulfide) groups is 1. The Morgan fingerprint density at radius 3 is 2.74 bits per heavy atom. The van der Waals surface area contributed by atoms with Crippen LogP contribution >= 0.6 is 11.8 Å². The summed E-state index contributed by atoms with van der Waals surface area (Å²) in [5.74, 6) is 1.95. The van der Waals surface area contributed by atoms with Crippen LogP contribution in [0.5, 0.6) is 0 Å². The predicted molar refractivity (Wildman–Crippen MR) is 106 cm³/mol. The highest BCUT2D eigenvalue weighted by Crippen LogP contribution is 2.24. The van der Waals surface area contributed by atoms with Gasteiger partial charge in [0.1, 0.15) is 5.82 Å². The molecule has 0 saturated carbocycles. The number of nitrogens with zero attached hydrogens (tertiary/aromatic N) is 5. The average molecular weight is 376 g/mol. The third kappa shape index (κ3) is 2.52. The average Bonchev–Trinajstić information content (AvgIpc) is 3.30. The van der Waals surface area contributed by atoms with Gasteiger partial charge in [-0.05, 0) is 31.2 Å². The van der Waals surface area contributed by atoms with Crippen LogP contribution in [0, 0.1) is 0 Å². The van der Waals surface area contributed by atoms with Crippen LogP contribution in [0.2, 0.25) is 0 Å². The Labute approximate surface area is 158 Å². The van der Waals surface area contributed by atoms with E-state index in [1.807, 2.05) is 59.9 Å². The molecule has 0 aliphatic carbocycles. The molecule has 0 spiro atoms. The van der Waals surface area contributed by atoms with E-state index < -0.39 is 0 Å². The van der Waals surface area contributed by atoms with Gasteiger partial charge in [0.05, 0.1) is 27.7 Å². The van der Waals surface area contributed by atoms with E-state index in [1.165, 1.54) is 0 Å². The van der Waals surface area contributed by atoms with Gasteiger partial charge < -0.3 is 4.98 Å². The number of H-pyrrole nitrogens is 1. The first-order valence-corrected chi connectivity index (χ1v) is 9.68. The highest BCUT2D eigenvalue weighted by molar-refractivity contribution is 7.98. The first kappa shape index (κ1) is 16.1. The molecule has 27 heavy (non-hydrogen) atoms. The number of aromatic amines is 1. The zero-order chi connectivity index (χ0) is 18.4. The highest BCUT2D eigenvalue weighted by atomic mass is 32.2. The fourth-order valence-electron chi connectivity index (χ4n) is 3.32. The van der Waals surface area contributed by atoms with E-state index in [-0.39, 0.29) is 5.56 Å². The summed E-state index contributed by atoms with van der Waals surface area (Å²) in [5, 5.41) is 10.1. The van der Waals surface area contributed by atoms with Crippen LogP contribution in [0.1, 0.15) is 12.7 Å². The normalized spacial score (nSPS) is 11.7. The van der Waals surface area contributed by atoms with E-state index in [1.54, 1.807) is 16.3 Å². The molecule has 3 heterocycles. The second-order valence-corrected chi connectivity index (χ2v) is 7.13. The first-order chi connectivity index (χ1) is 13.3. The molecule has 0 atom stereocenters. The molecule has 1 N–H and O–H groups in total. The summed E-state index contributed by atoms with van der Waals surface area (Å²) >= 11 is 1.57. The van der Waals surface area contributed by atoms with E-state index in [2.05, 4.69) is 20.2 Å². The van der Waals surface area contributed by atoms with E-state index in [0.717, 1.165) is 27.5 Å². The Morgan fingerprint density at radius 2 is 1.89 bits per heavy atom. The molecule has 5 rings (SSSR count). The second kappa shape index (κ2) is 6.24. The summed E-state index contributed by atoms with van der Waals surface area (Å²) < 4.78 is 3.63. The van der Waals surface area contributed by atoms with Crippen molar-refractivity contribution < 1.29 is 0 Å². The summed E-state index contributed by atoms with van der Waals surface area (Å²) in [4.78, 5) is 20.6. The van der Waals surface area contributed by atoms with Gasteiger partial charge in [0.15, 0.2) is 5.16 Å². The maximum atomic E-state index is 12.7. The number of hydrogen-bond acceptors (Lipinski definition) is 5. The van der Waals surface area contributed by atoms with Crippen LogP contribution in [0.3, 0.4) is 0 Å². The minimum absolute atomic E-state index is 0.0375. The van der Waals surface area contributed by atoms with Crippen molar-refractivity contribution in [3.05, 3.63) is 64.7 Å². The molecule has 0 radical (unpaired) electrons. The number of fused-ring (bicyclic) bond motifs is 4. The Hall–Kier alpha value is -3.13. The molecule has 8 heteroatoms. The number of para-hydroxylation sites is 3. The van der Waals surface area contributed by atoms with Crippen molar-refractivity contribution in [3.63, 3.8) is 0 Å². The summed E-state index contributed by atoms with van der Waals surface area (Å²) in [6.45, 7) is 2.48. The molecule has 134 valence electrons. The van der Waals surface area contributed by atoms with E-state index in [4.69, 9.17) is 0 Å². The molecule has 0 saturated heterocycles. The van der Waals surface area contributed by atoms with Crippen molar-refractivity contribution in [2.75, 3.05) is 0 Å². The smallest absolute Gasteiger partial charge is 0.262 e. The highest BCUT2D eigenvalue weighted by Gasteiger charge is 2.16. The molecule has 0 unspecified atom stereocenters. The van der Waals surface area contributed by atoms with Crippen LogP contribution in [-0.2, 0) is 12.3 Å². The van der Waals surface area contributed by atoms with Gasteiger partial charge in [-0.15, -0.1) is 10.2 Å². The quantitative estimate of drug-likeness (QED) is 0.487. The Balaban J connectivity index is 1.61. The van der Waals surface area contributed by atoms with Crippen molar-refractivity contribution in [2.24, 2.45) is 0 Å². The number of nitrogens with one attached hydrogen (secondary N) is 1. The largest absolute Gasteiger partial charge is 0.333 e. The second-order valence-electron chi connectivity index (χ2n) is 6.17. The Kier molecular flexibility index (Phi) is 3.71. The summed E-state index contributed by atoms with van der Waals surface area (Å²) in [7, 11) is 0. The van der Waals surface area contributed by atoms with Gasteiger partial charge in [-0.25, -0.2) is 4.98 Å². The minimum atomic E-state index is -0.0375. The van der Waals surface area contributed by atoms with Gasteiger partial charge in [-0.1, -0.05) is 36.0 Å². The summed E-state index contributed by atoms with van der Waals surface area (Å²) in [5.41, 5.74) is 2.74. The number of rotatable bonds is 4. The molecular formula is C19H16N6OS. The number of benzene rings is 2. The van der Waals surface area contributed by atoms with E-state index in [0.29, 0.717) is 23.5 Å². The zero-order valence-corrected chi connectivity index (χ0v) is 15.4. The standard InChI is InChI=1S/C19H16N6OS/c1-2-24-17(26)12-7-3-6-10-15(12)25-16(22-23-19(24)25)11-27-18-20-13-8-4-5-9-14(13)21-18/h3-10H,2,11H2,1H3,(H,20,21). The Morgan fingerprint density at radius 1 is 1.07 bits per heavy atom. The molecule has 0 fully saturated rings. The molecule has 0 amide bonds. The topological polar surface area (TPSA) is 80.9 Å².